The Bertz CT molecular complexity index is 864. The van der Waals surface area contributed by atoms with Gasteiger partial charge in [0.2, 0.25) is 0 Å². The monoisotopic (exact) mass is 353 g/mol. The van der Waals surface area contributed by atoms with Crippen LogP contribution >= 0.6 is 0 Å². The van der Waals surface area contributed by atoms with Crippen molar-refractivity contribution in [2.24, 2.45) is 5.73 Å². The Kier molecular flexibility index (Phi) is 4.66. The van der Waals surface area contributed by atoms with Crippen molar-refractivity contribution in [2.75, 3.05) is 7.11 Å². The molecule has 0 unspecified atom stereocenters. The Morgan fingerprint density at radius 1 is 1.23 bits per heavy atom. The molecular weight excluding hydrogens is 330 g/mol. The highest BCUT2D eigenvalue weighted by Crippen LogP contribution is 2.28. The molecule has 1 aromatic carbocycles. The molecule has 3 aromatic rings. The molecule has 2 heterocycles. The molecule has 0 spiro atoms. The van der Waals surface area contributed by atoms with E-state index in [9.17, 15) is 0 Å². The summed E-state index contributed by atoms with van der Waals surface area (Å²) in [5.41, 5.74) is 7.82. The quantitative estimate of drug-likeness (QED) is 0.754. The summed E-state index contributed by atoms with van der Waals surface area (Å²) in [4.78, 5) is 4.38. The average Bonchev–Trinajstić information content (AvgIpc) is 3.32. The third kappa shape index (κ3) is 3.45. The number of aromatic nitrogens is 6. The maximum Gasteiger partial charge on any atom is 0.180 e. The Hall–Kier alpha value is -2.74. The van der Waals surface area contributed by atoms with Gasteiger partial charge < -0.3 is 10.5 Å². The number of rotatable bonds is 5. The van der Waals surface area contributed by atoms with Crippen LogP contribution in [0, 0.1) is 0 Å². The number of nitrogens with two attached hydrogens (primary N) is 1. The van der Waals surface area contributed by atoms with Gasteiger partial charge in [-0.1, -0.05) is 17.3 Å². The molecule has 0 radical (unpaired) electrons. The summed E-state index contributed by atoms with van der Waals surface area (Å²) in [6.07, 6.45) is 7.67. The van der Waals surface area contributed by atoms with Gasteiger partial charge in [-0.15, -0.1) is 5.10 Å². The average molecular weight is 353 g/mol. The van der Waals surface area contributed by atoms with E-state index in [4.69, 9.17) is 10.5 Å². The molecule has 2 aromatic heterocycles. The van der Waals surface area contributed by atoms with E-state index in [0.29, 0.717) is 24.5 Å². The maximum atomic E-state index is 6.00. The van der Waals surface area contributed by atoms with Gasteiger partial charge in [0, 0.05) is 6.04 Å². The predicted octanol–water partition coefficient (Wildman–Crippen LogP) is 2.04. The zero-order valence-electron chi connectivity index (χ0n) is 14.8. The van der Waals surface area contributed by atoms with Gasteiger partial charge in [-0.2, -0.15) is 5.10 Å². The van der Waals surface area contributed by atoms with E-state index in [1.54, 1.807) is 13.4 Å². The molecule has 0 saturated heterocycles. The molecule has 8 heteroatoms. The van der Waals surface area contributed by atoms with Gasteiger partial charge in [0.05, 0.1) is 25.9 Å². The lowest BCUT2D eigenvalue weighted by atomic mass is 9.92. The second-order valence-corrected chi connectivity index (χ2v) is 6.75. The molecule has 8 nitrogen and oxygen atoms in total. The highest BCUT2D eigenvalue weighted by Gasteiger charge is 2.22. The lowest BCUT2D eigenvalue weighted by Gasteiger charge is -2.25. The normalized spacial score (nSPS) is 20.2. The van der Waals surface area contributed by atoms with Crippen molar-refractivity contribution in [2.45, 2.75) is 44.3 Å². The number of hydrogen-bond donors (Lipinski definition) is 1. The van der Waals surface area contributed by atoms with Crippen molar-refractivity contribution < 1.29 is 4.74 Å². The van der Waals surface area contributed by atoms with Crippen molar-refractivity contribution in [3.63, 3.8) is 0 Å². The van der Waals surface area contributed by atoms with E-state index in [1.807, 2.05) is 39.8 Å². The van der Waals surface area contributed by atoms with Gasteiger partial charge in [0.15, 0.2) is 5.82 Å². The van der Waals surface area contributed by atoms with Crippen LogP contribution in [-0.4, -0.2) is 42.9 Å². The van der Waals surface area contributed by atoms with E-state index in [2.05, 4.69) is 20.4 Å². The molecule has 1 saturated carbocycles. The maximum absolute atomic E-state index is 6.00. The summed E-state index contributed by atoms with van der Waals surface area (Å²) in [5, 5.41) is 13.0. The van der Waals surface area contributed by atoms with Crippen LogP contribution in [0.2, 0.25) is 0 Å². The zero-order valence-corrected chi connectivity index (χ0v) is 14.8. The molecule has 26 heavy (non-hydrogen) atoms. The minimum absolute atomic E-state index is 0.320. The first-order valence-corrected chi connectivity index (χ1v) is 8.91. The molecule has 136 valence electrons. The minimum atomic E-state index is 0.320. The Labute approximate surface area is 152 Å². The Balaban J connectivity index is 1.53. The summed E-state index contributed by atoms with van der Waals surface area (Å²) in [6.45, 7) is 0.595. The zero-order chi connectivity index (χ0) is 17.9. The van der Waals surface area contributed by atoms with Crippen LogP contribution in [0.5, 0.6) is 5.75 Å². The molecule has 2 N–H and O–H groups in total. The summed E-state index contributed by atoms with van der Waals surface area (Å²) in [6, 6.07) is 8.61. The summed E-state index contributed by atoms with van der Waals surface area (Å²) in [5.74, 6) is 1.54. The summed E-state index contributed by atoms with van der Waals surface area (Å²) in [7, 11) is 1.66. The van der Waals surface area contributed by atoms with Gasteiger partial charge in [0.25, 0.3) is 0 Å². The van der Waals surface area contributed by atoms with Crippen molar-refractivity contribution in [3.8, 4) is 17.3 Å². The Morgan fingerprint density at radius 2 is 2.08 bits per heavy atom. The third-order valence-electron chi connectivity index (χ3n) is 4.94. The second-order valence-electron chi connectivity index (χ2n) is 6.75. The van der Waals surface area contributed by atoms with E-state index in [0.717, 1.165) is 42.7 Å². The smallest absolute Gasteiger partial charge is 0.180 e. The van der Waals surface area contributed by atoms with Crippen molar-refractivity contribution in [1.82, 2.24) is 29.8 Å². The molecule has 1 aliphatic carbocycles. The number of benzene rings is 1. The summed E-state index contributed by atoms with van der Waals surface area (Å²) >= 11 is 0. The van der Waals surface area contributed by atoms with Gasteiger partial charge >= 0.3 is 0 Å². The van der Waals surface area contributed by atoms with Crippen LogP contribution in [-0.2, 0) is 6.54 Å². The van der Waals surface area contributed by atoms with Crippen molar-refractivity contribution in [3.05, 3.63) is 42.4 Å². The van der Waals surface area contributed by atoms with Gasteiger partial charge in [-0.25, -0.2) is 14.3 Å². The first kappa shape index (κ1) is 16.7. The highest BCUT2D eigenvalue weighted by atomic mass is 16.5. The topological polar surface area (TPSA) is 96.7 Å². The van der Waals surface area contributed by atoms with Crippen LogP contribution in [0.25, 0.3) is 11.5 Å². The third-order valence-corrected chi connectivity index (χ3v) is 4.94. The molecule has 0 bridgehead atoms. The lowest BCUT2D eigenvalue weighted by molar-refractivity contribution is 0.300. The predicted molar refractivity (Wildman–Crippen MR) is 96.6 cm³/mol. The number of methoxy groups -OCH3 is 1. The fraction of sp³-hybridized carbons (Fsp3) is 0.444. The van der Waals surface area contributed by atoms with Gasteiger partial charge in [-0.3, -0.25) is 0 Å². The molecule has 4 rings (SSSR count). The standard InChI is InChI=1S/C18H23N7O/c1-26-16-4-2-3-13(9-16)10-25-18(20-12-21-25)17-11-24(23-22-17)15-7-5-14(19)6-8-15/h2-4,9,11-12,14-15H,5-8,10,19H2,1H3. The summed E-state index contributed by atoms with van der Waals surface area (Å²) < 4.78 is 9.07. The number of ether oxygens (including phenoxy) is 1. The second kappa shape index (κ2) is 7.25. The van der Waals surface area contributed by atoms with Gasteiger partial charge in [-0.05, 0) is 43.4 Å². The first-order valence-electron chi connectivity index (χ1n) is 8.91. The van der Waals surface area contributed by atoms with E-state index in [-0.39, 0.29) is 0 Å². The van der Waals surface area contributed by atoms with Crippen molar-refractivity contribution >= 4 is 0 Å². The van der Waals surface area contributed by atoms with E-state index >= 15 is 0 Å². The fourth-order valence-electron chi connectivity index (χ4n) is 3.45. The number of hydrogen-bond acceptors (Lipinski definition) is 6. The van der Waals surface area contributed by atoms with Crippen LogP contribution < -0.4 is 10.5 Å². The lowest BCUT2D eigenvalue weighted by Crippen LogP contribution is -2.28. The van der Waals surface area contributed by atoms with Gasteiger partial charge in [0.1, 0.15) is 17.8 Å². The highest BCUT2D eigenvalue weighted by molar-refractivity contribution is 5.46. The van der Waals surface area contributed by atoms with Crippen molar-refractivity contribution in [1.29, 1.82) is 0 Å². The number of nitrogens with zero attached hydrogens (tertiary/aromatic N) is 6. The van der Waals surface area contributed by atoms with Crippen LogP contribution in [0.1, 0.15) is 37.3 Å². The van der Waals surface area contributed by atoms with E-state index in [1.165, 1.54) is 0 Å². The largest absolute Gasteiger partial charge is 0.497 e. The molecule has 1 aliphatic rings. The first-order chi connectivity index (χ1) is 12.7. The SMILES string of the molecule is COc1cccc(Cn2ncnc2-c2cn(C3CCC(N)CC3)nn2)c1. The molecule has 0 amide bonds. The van der Waals surface area contributed by atoms with E-state index < -0.39 is 0 Å². The fourth-order valence-corrected chi connectivity index (χ4v) is 3.45. The molecular formula is C18H23N7O. The van der Waals surface area contributed by atoms with Crippen LogP contribution in [0.4, 0.5) is 0 Å². The minimum Gasteiger partial charge on any atom is -0.497 e. The van der Waals surface area contributed by atoms with Crippen LogP contribution in [0.3, 0.4) is 0 Å². The molecule has 0 atom stereocenters. The Morgan fingerprint density at radius 3 is 2.88 bits per heavy atom. The molecule has 0 aliphatic heterocycles. The van der Waals surface area contributed by atoms with Crippen LogP contribution in [0.15, 0.2) is 36.8 Å². The molecule has 1 fully saturated rings.